The number of pyridine rings is 1. The van der Waals surface area contributed by atoms with Crippen LogP contribution in [0.5, 0.6) is 0 Å². The molecule has 0 aliphatic heterocycles. The lowest BCUT2D eigenvalue weighted by Crippen LogP contribution is -2.31. The Morgan fingerprint density at radius 2 is 1.68 bits per heavy atom. The summed E-state index contributed by atoms with van der Waals surface area (Å²) in [5.41, 5.74) is -0.131. The predicted molar refractivity (Wildman–Crippen MR) is 144 cm³/mol. The maximum Gasteiger partial charge on any atom is 0.259 e. The summed E-state index contributed by atoms with van der Waals surface area (Å²) >= 11 is 5.79. The van der Waals surface area contributed by atoms with E-state index >= 15 is 0 Å². The molecular formula is C27H30ClF2N5O2. The highest BCUT2D eigenvalue weighted by atomic mass is 35.5. The van der Waals surface area contributed by atoms with Crippen LogP contribution in [0.4, 0.5) is 20.3 Å². The molecule has 7 nitrogen and oxygen atoms in total. The molecule has 37 heavy (non-hydrogen) atoms. The molecule has 196 valence electrons. The summed E-state index contributed by atoms with van der Waals surface area (Å²) in [6.45, 7) is 9.14. The van der Waals surface area contributed by atoms with Crippen molar-refractivity contribution in [2.24, 2.45) is 0 Å². The summed E-state index contributed by atoms with van der Waals surface area (Å²) < 4.78 is 28.7. The zero-order valence-corrected chi connectivity index (χ0v) is 21.9. The van der Waals surface area contributed by atoms with Crippen molar-refractivity contribution in [3.8, 4) is 0 Å². The van der Waals surface area contributed by atoms with E-state index in [1.54, 1.807) is 4.90 Å². The second kappa shape index (κ2) is 14.0. The van der Waals surface area contributed by atoms with Crippen molar-refractivity contribution >= 4 is 40.8 Å². The third-order valence-electron chi connectivity index (χ3n) is 5.12. The summed E-state index contributed by atoms with van der Waals surface area (Å²) in [7, 11) is 0. The summed E-state index contributed by atoms with van der Waals surface area (Å²) in [6, 6.07) is 10.1. The van der Waals surface area contributed by atoms with Crippen molar-refractivity contribution in [3.05, 3.63) is 88.1 Å². The van der Waals surface area contributed by atoms with Crippen molar-refractivity contribution in [3.63, 3.8) is 0 Å². The van der Waals surface area contributed by atoms with Crippen molar-refractivity contribution in [1.29, 1.82) is 5.41 Å². The molecule has 0 saturated heterocycles. The second-order valence-electron chi connectivity index (χ2n) is 7.58. The van der Waals surface area contributed by atoms with Crippen LogP contribution in [-0.2, 0) is 0 Å². The lowest BCUT2D eigenvalue weighted by molar-refractivity contribution is 0.102. The summed E-state index contributed by atoms with van der Waals surface area (Å²) in [6.07, 6.45) is 2.17. The molecule has 1 aromatic heterocycles. The van der Waals surface area contributed by atoms with Gasteiger partial charge in [0.15, 0.2) is 0 Å². The standard InChI is InChI=1S/C25H24ClF2N5O2.C2H6/c1-3-11-33(4-2)23(29)15-5-8-18(20(28)12-15)24(34)31-21-9-7-17(27)13-19(21)25(35)32-22-10-6-16(26)14-30-22;1-2/h5-10,12-14,29H,3-4,11H2,1-2H3,(H,31,34)(H,30,32,35);1-2H3. The minimum atomic E-state index is -0.827. The van der Waals surface area contributed by atoms with Gasteiger partial charge in [0.1, 0.15) is 23.3 Å². The molecule has 0 spiro atoms. The molecule has 0 atom stereocenters. The Morgan fingerprint density at radius 1 is 0.973 bits per heavy atom. The summed E-state index contributed by atoms with van der Waals surface area (Å²) in [4.78, 5) is 31.3. The third kappa shape index (κ3) is 7.82. The van der Waals surface area contributed by atoms with E-state index in [1.807, 2.05) is 27.7 Å². The summed E-state index contributed by atoms with van der Waals surface area (Å²) in [5, 5.41) is 13.6. The number of hydrogen-bond acceptors (Lipinski definition) is 4. The minimum Gasteiger partial charge on any atom is -0.357 e. The highest BCUT2D eigenvalue weighted by molar-refractivity contribution is 6.30. The number of hydrogen-bond donors (Lipinski definition) is 3. The lowest BCUT2D eigenvalue weighted by Gasteiger charge is -2.23. The molecule has 0 saturated carbocycles. The molecule has 0 unspecified atom stereocenters. The van der Waals surface area contributed by atoms with Crippen molar-refractivity contribution in [1.82, 2.24) is 9.88 Å². The highest BCUT2D eigenvalue weighted by Crippen LogP contribution is 2.21. The van der Waals surface area contributed by atoms with Crippen LogP contribution in [0.3, 0.4) is 0 Å². The van der Waals surface area contributed by atoms with E-state index in [0.717, 1.165) is 24.6 Å². The van der Waals surface area contributed by atoms with Crippen LogP contribution in [0.2, 0.25) is 5.02 Å². The van der Waals surface area contributed by atoms with Gasteiger partial charge in [0, 0.05) is 24.8 Å². The van der Waals surface area contributed by atoms with Crippen LogP contribution in [0, 0.1) is 17.0 Å². The van der Waals surface area contributed by atoms with Crippen LogP contribution in [0.1, 0.15) is 60.4 Å². The largest absolute Gasteiger partial charge is 0.357 e. The Balaban J connectivity index is 0.00000235. The number of carbonyl (C=O) groups is 2. The highest BCUT2D eigenvalue weighted by Gasteiger charge is 2.19. The van der Waals surface area contributed by atoms with Gasteiger partial charge in [-0.15, -0.1) is 0 Å². The normalized spacial score (nSPS) is 10.1. The van der Waals surface area contributed by atoms with Crippen LogP contribution in [0.15, 0.2) is 54.7 Å². The molecule has 3 aromatic rings. The number of carbonyl (C=O) groups excluding carboxylic acids is 2. The molecule has 1 heterocycles. The monoisotopic (exact) mass is 529 g/mol. The molecule has 3 rings (SSSR count). The van der Waals surface area contributed by atoms with Crippen molar-refractivity contribution < 1.29 is 18.4 Å². The number of nitrogens with one attached hydrogen (secondary N) is 3. The Labute approximate surface area is 220 Å². The van der Waals surface area contributed by atoms with Gasteiger partial charge < -0.3 is 15.5 Å². The second-order valence-corrected chi connectivity index (χ2v) is 8.02. The van der Waals surface area contributed by atoms with E-state index in [2.05, 4.69) is 15.6 Å². The first-order valence-corrected chi connectivity index (χ1v) is 12.3. The van der Waals surface area contributed by atoms with E-state index in [9.17, 15) is 18.4 Å². The van der Waals surface area contributed by atoms with Crippen molar-refractivity contribution in [2.45, 2.75) is 34.1 Å². The number of anilines is 2. The van der Waals surface area contributed by atoms with E-state index in [-0.39, 0.29) is 28.5 Å². The molecule has 0 aliphatic carbocycles. The van der Waals surface area contributed by atoms with Gasteiger partial charge in [0.25, 0.3) is 11.8 Å². The predicted octanol–water partition coefficient (Wildman–Crippen LogP) is 6.60. The fourth-order valence-electron chi connectivity index (χ4n) is 3.36. The zero-order valence-electron chi connectivity index (χ0n) is 21.2. The van der Waals surface area contributed by atoms with Crippen molar-refractivity contribution in [2.75, 3.05) is 23.7 Å². The average Bonchev–Trinajstić information content (AvgIpc) is 2.90. The quantitative estimate of drug-likeness (QED) is 0.226. The van der Waals surface area contributed by atoms with E-state index in [0.29, 0.717) is 23.7 Å². The molecule has 0 bridgehead atoms. The minimum absolute atomic E-state index is 0.0146. The van der Waals surface area contributed by atoms with Gasteiger partial charge in [-0.05, 0) is 55.8 Å². The van der Waals surface area contributed by atoms with Gasteiger partial charge in [0.05, 0.1) is 21.8 Å². The topological polar surface area (TPSA) is 98.2 Å². The fourth-order valence-corrected chi connectivity index (χ4v) is 3.48. The summed E-state index contributed by atoms with van der Waals surface area (Å²) in [5.74, 6) is -2.74. The number of benzene rings is 2. The van der Waals surface area contributed by atoms with Gasteiger partial charge in [0.2, 0.25) is 0 Å². The van der Waals surface area contributed by atoms with Gasteiger partial charge >= 0.3 is 0 Å². The fraction of sp³-hybridized carbons (Fsp3) is 0.259. The third-order valence-corrected chi connectivity index (χ3v) is 5.35. The first kappa shape index (κ1) is 29.4. The molecule has 0 radical (unpaired) electrons. The van der Waals surface area contributed by atoms with Gasteiger partial charge in [-0.2, -0.15) is 0 Å². The smallest absolute Gasteiger partial charge is 0.259 e. The van der Waals surface area contributed by atoms with E-state index in [1.165, 1.54) is 36.5 Å². The average molecular weight is 530 g/mol. The number of halogens is 3. The Morgan fingerprint density at radius 3 is 2.27 bits per heavy atom. The number of aromatic nitrogens is 1. The van der Waals surface area contributed by atoms with Gasteiger partial charge in [-0.3, -0.25) is 15.0 Å². The Bertz CT molecular complexity index is 1250. The van der Waals surface area contributed by atoms with Crippen LogP contribution >= 0.6 is 11.6 Å². The molecule has 0 fully saturated rings. The molecule has 0 aliphatic rings. The van der Waals surface area contributed by atoms with Gasteiger partial charge in [-0.1, -0.05) is 38.4 Å². The first-order chi connectivity index (χ1) is 17.7. The lowest BCUT2D eigenvalue weighted by atomic mass is 10.1. The SMILES string of the molecule is CC.CCCN(CC)C(=N)c1ccc(C(=O)Nc2ccc(F)cc2C(=O)Nc2ccc(Cl)cn2)c(F)c1. The van der Waals surface area contributed by atoms with E-state index < -0.39 is 23.4 Å². The Hall–Kier alpha value is -3.85. The van der Waals surface area contributed by atoms with Crippen LogP contribution in [0.25, 0.3) is 0 Å². The van der Waals surface area contributed by atoms with Crippen LogP contribution < -0.4 is 10.6 Å². The molecule has 10 heteroatoms. The van der Waals surface area contributed by atoms with E-state index in [4.69, 9.17) is 17.0 Å². The molecule has 2 aromatic carbocycles. The molecular weight excluding hydrogens is 500 g/mol. The first-order valence-electron chi connectivity index (χ1n) is 11.9. The number of nitrogens with zero attached hydrogens (tertiary/aromatic N) is 2. The number of amidine groups is 1. The molecule has 2 amide bonds. The van der Waals surface area contributed by atoms with Gasteiger partial charge in [-0.25, -0.2) is 13.8 Å². The van der Waals surface area contributed by atoms with Crippen LogP contribution in [-0.4, -0.2) is 40.6 Å². The molecule has 3 N–H and O–H groups in total. The number of rotatable bonds is 8. The zero-order chi connectivity index (χ0) is 27.5. The number of amides is 2. The Kier molecular flexibility index (Phi) is 11.1. The maximum atomic E-state index is 14.8. The maximum absolute atomic E-state index is 14.8.